The number of hydrogen-bond donors (Lipinski definition) is 0. The number of carbonyl (C=O) groups is 1. The van der Waals surface area contributed by atoms with E-state index in [9.17, 15) is 17.6 Å². The number of carbonyl (C=O) groups excluding carboxylic acids is 1. The Morgan fingerprint density at radius 1 is 1.11 bits per heavy atom. The molecule has 0 N–H and O–H groups in total. The number of piperidine rings is 1. The second-order valence-corrected chi connectivity index (χ2v) is 10.8. The van der Waals surface area contributed by atoms with E-state index in [2.05, 4.69) is 5.16 Å². The number of hydrogen-bond acceptors (Lipinski definition) is 5. The predicted molar refractivity (Wildman–Crippen MR) is 131 cm³/mol. The van der Waals surface area contributed by atoms with Gasteiger partial charge in [-0.3, -0.25) is 4.79 Å². The van der Waals surface area contributed by atoms with Crippen LogP contribution in [0.25, 0.3) is 12.2 Å². The summed E-state index contributed by atoms with van der Waals surface area (Å²) in [5, 5.41) is 3.85. The Kier molecular flexibility index (Phi) is 6.29. The molecule has 5 rings (SSSR count). The molecule has 182 valence electrons. The van der Waals surface area contributed by atoms with Gasteiger partial charge in [0.15, 0.2) is 10.7 Å². The lowest BCUT2D eigenvalue weighted by atomic mass is 9.98. The predicted octanol–water partition coefficient (Wildman–Crippen LogP) is 4.28. The average molecular weight is 496 g/mol. The van der Waals surface area contributed by atoms with Crippen LogP contribution in [0.2, 0.25) is 0 Å². The first kappa shape index (κ1) is 23.4. The van der Waals surface area contributed by atoms with E-state index in [0.29, 0.717) is 31.5 Å². The Labute approximate surface area is 203 Å². The molecule has 2 aliphatic heterocycles. The van der Waals surface area contributed by atoms with E-state index in [4.69, 9.17) is 4.52 Å². The molecule has 2 aliphatic rings. The molecule has 35 heavy (non-hydrogen) atoms. The van der Waals surface area contributed by atoms with Crippen LogP contribution in [-0.2, 0) is 21.2 Å². The summed E-state index contributed by atoms with van der Waals surface area (Å²) in [5.74, 6) is -0.864. The fourth-order valence-corrected chi connectivity index (χ4v) is 6.63. The van der Waals surface area contributed by atoms with Crippen molar-refractivity contribution in [2.24, 2.45) is 5.92 Å². The molecule has 3 aromatic rings. The Morgan fingerprint density at radius 2 is 1.89 bits per heavy atom. The zero-order valence-corrected chi connectivity index (χ0v) is 20.2. The van der Waals surface area contributed by atoms with Crippen LogP contribution in [-0.4, -0.2) is 43.4 Å². The molecule has 2 aromatic carbocycles. The second-order valence-electron chi connectivity index (χ2n) is 8.89. The molecule has 0 saturated carbocycles. The molecule has 0 bridgehead atoms. The average Bonchev–Trinajstić information content (AvgIpc) is 3.47. The van der Waals surface area contributed by atoms with Gasteiger partial charge in [0.1, 0.15) is 11.5 Å². The quantitative estimate of drug-likeness (QED) is 0.528. The molecule has 1 amide bonds. The molecule has 7 nitrogen and oxygen atoms in total. The maximum absolute atomic E-state index is 14.0. The largest absolute Gasteiger partial charge is 0.355 e. The number of halogens is 1. The van der Waals surface area contributed by atoms with Crippen LogP contribution < -0.4 is 4.90 Å². The lowest BCUT2D eigenvalue weighted by molar-refractivity contribution is -0.123. The van der Waals surface area contributed by atoms with Gasteiger partial charge in [0.05, 0.1) is 5.92 Å². The molecule has 0 spiro atoms. The van der Waals surface area contributed by atoms with E-state index in [-0.39, 0.29) is 28.8 Å². The Balaban J connectivity index is 1.38. The van der Waals surface area contributed by atoms with Crippen LogP contribution in [0.1, 0.15) is 35.4 Å². The van der Waals surface area contributed by atoms with Gasteiger partial charge in [0.25, 0.3) is 0 Å². The van der Waals surface area contributed by atoms with Gasteiger partial charge in [-0.2, -0.15) is 4.31 Å². The highest BCUT2D eigenvalue weighted by atomic mass is 32.2. The molecule has 0 radical (unpaired) electrons. The van der Waals surface area contributed by atoms with Crippen LogP contribution >= 0.6 is 0 Å². The first-order chi connectivity index (χ1) is 16.9. The van der Waals surface area contributed by atoms with Crippen molar-refractivity contribution in [3.05, 3.63) is 76.9 Å². The highest BCUT2D eigenvalue weighted by molar-refractivity contribution is 7.89. The summed E-state index contributed by atoms with van der Waals surface area (Å²) >= 11 is 0. The van der Waals surface area contributed by atoms with Crippen molar-refractivity contribution in [1.82, 2.24) is 9.46 Å². The van der Waals surface area contributed by atoms with Crippen molar-refractivity contribution >= 4 is 33.8 Å². The summed E-state index contributed by atoms with van der Waals surface area (Å²) in [6, 6.07) is 14.0. The van der Waals surface area contributed by atoms with Crippen molar-refractivity contribution in [3.63, 3.8) is 0 Å². The van der Waals surface area contributed by atoms with Gasteiger partial charge in [-0.15, -0.1) is 0 Å². The summed E-state index contributed by atoms with van der Waals surface area (Å²) in [7, 11) is -3.98. The van der Waals surface area contributed by atoms with Crippen molar-refractivity contribution in [3.8, 4) is 0 Å². The number of sulfonamides is 1. The van der Waals surface area contributed by atoms with Crippen LogP contribution in [0.4, 0.5) is 10.1 Å². The van der Waals surface area contributed by atoms with Gasteiger partial charge < -0.3 is 9.42 Å². The lowest BCUT2D eigenvalue weighted by Gasteiger charge is -2.33. The van der Waals surface area contributed by atoms with E-state index < -0.39 is 21.8 Å². The Bertz CT molecular complexity index is 1400. The number of para-hydroxylation sites is 1. The van der Waals surface area contributed by atoms with Crippen molar-refractivity contribution in [2.45, 2.75) is 31.1 Å². The molecule has 3 heterocycles. The van der Waals surface area contributed by atoms with Crippen molar-refractivity contribution in [1.29, 1.82) is 0 Å². The number of aromatic nitrogens is 1. The number of aryl methyl sites for hydroxylation is 1. The highest BCUT2D eigenvalue weighted by Crippen LogP contribution is 2.33. The second kappa shape index (κ2) is 9.39. The zero-order chi connectivity index (χ0) is 24.6. The normalized spacial score (nSPS) is 18.8. The standard InChI is InChI=1S/C26H26FN3O4S/c1-18-25(24(34-28-18)13-12-19-7-2-4-10-22(19)27)35(32,33)29-15-6-9-21(17-29)26(31)30-16-14-20-8-3-5-11-23(20)30/h2-5,7-8,10-13,21H,6,9,14-17H2,1H3/b13-12+. The summed E-state index contributed by atoms with van der Waals surface area (Å²) in [5.41, 5.74) is 2.57. The minimum Gasteiger partial charge on any atom is -0.355 e. The highest BCUT2D eigenvalue weighted by Gasteiger charge is 2.39. The summed E-state index contributed by atoms with van der Waals surface area (Å²) in [6.07, 6.45) is 4.89. The van der Waals surface area contributed by atoms with Gasteiger partial charge in [-0.05, 0) is 56.0 Å². The van der Waals surface area contributed by atoms with E-state index in [1.807, 2.05) is 24.3 Å². The van der Waals surface area contributed by atoms with Gasteiger partial charge in [-0.1, -0.05) is 41.6 Å². The fourth-order valence-electron chi connectivity index (χ4n) is 4.85. The van der Waals surface area contributed by atoms with Gasteiger partial charge in [0, 0.05) is 30.9 Å². The van der Waals surface area contributed by atoms with Gasteiger partial charge >= 0.3 is 0 Å². The zero-order valence-electron chi connectivity index (χ0n) is 19.4. The lowest BCUT2D eigenvalue weighted by Crippen LogP contribution is -2.46. The van der Waals surface area contributed by atoms with Crippen molar-refractivity contribution < 1.29 is 22.1 Å². The first-order valence-corrected chi connectivity index (χ1v) is 13.1. The summed E-state index contributed by atoms with van der Waals surface area (Å²) in [4.78, 5) is 15.1. The molecule has 1 saturated heterocycles. The van der Waals surface area contributed by atoms with Gasteiger partial charge in [-0.25, -0.2) is 12.8 Å². The molecule has 1 aromatic heterocycles. The van der Waals surface area contributed by atoms with Crippen LogP contribution in [0, 0.1) is 18.7 Å². The minimum atomic E-state index is -3.98. The number of rotatable bonds is 5. The molecule has 1 unspecified atom stereocenters. The maximum Gasteiger partial charge on any atom is 0.248 e. The summed E-state index contributed by atoms with van der Waals surface area (Å²) in [6.45, 7) is 2.58. The topological polar surface area (TPSA) is 83.7 Å². The van der Waals surface area contributed by atoms with E-state index in [1.54, 1.807) is 30.0 Å². The number of nitrogens with zero attached hydrogens (tertiary/aromatic N) is 3. The number of fused-ring (bicyclic) bond motifs is 1. The van der Waals surface area contributed by atoms with E-state index >= 15 is 0 Å². The Hall–Kier alpha value is -3.30. The number of anilines is 1. The molecular formula is C26H26FN3O4S. The Morgan fingerprint density at radius 3 is 2.71 bits per heavy atom. The third-order valence-electron chi connectivity index (χ3n) is 6.64. The molecule has 1 atom stereocenters. The fraction of sp³-hybridized carbons (Fsp3) is 0.308. The van der Waals surface area contributed by atoms with Crippen LogP contribution in [0.15, 0.2) is 57.9 Å². The number of benzene rings is 2. The SMILES string of the molecule is Cc1noc(/C=C/c2ccccc2F)c1S(=O)(=O)N1CCCC(C(=O)N2CCc3ccccc32)C1. The van der Waals surface area contributed by atoms with Gasteiger partial charge in [0.2, 0.25) is 15.9 Å². The monoisotopic (exact) mass is 495 g/mol. The van der Waals surface area contributed by atoms with Crippen LogP contribution in [0.5, 0.6) is 0 Å². The number of amides is 1. The van der Waals surface area contributed by atoms with Crippen molar-refractivity contribution in [2.75, 3.05) is 24.5 Å². The molecule has 1 fully saturated rings. The summed E-state index contributed by atoms with van der Waals surface area (Å²) < 4.78 is 47.9. The van der Waals surface area contributed by atoms with Crippen LogP contribution in [0.3, 0.4) is 0 Å². The third-order valence-corrected chi connectivity index (χ3v) is 8.66. The maximum atomic E-state index is 14.0. The minimum absolute atomic E-state index is 0.0349. The smallest absolute Gasteiger partial charge is 0.248 e. The first-order valence-electron chi connectivity index (χ1n) is 11.6. The van der Waals surface area contributed by atoms with E-state index in [0.717, 1.165) is 17.7 Å². The molecule has 0 aliphatic carbocycles. The van der Waals surface area contributed by atoms with E-state index in [1.165, 1.54) is 22.5 Å². The molecule has 9 heteroatoms. The molecular weight excluding hydrogens is 469 g/mol. The third kappa shape index (κ3) is 4.41.